The number of ether oxygens (including phenoxy) is 2. The smallest absolute Gasteiger partial charge is 0.408 e. The molecule has 0 aromatic carbocycles. The number of rotatable bonds is 7. The topological polar surface area (TPSA) is 81.7 Å². The summed E-state index contributed by atoms with van der Waals surface area (Å²) < 4.78 is 10.2. The van der Waals surface area contributed by atoms with E-state index in [-0.39, 0.29) is 31.1 Å². The van der Waals surface area contributed by atoms with Crippen LogP contribution < -0.4 is 5.32 Å². The van der Waals surface area contributed by atoms with E-state index in [4.69, 9.17) is 9.47 Å². The van der Waals surface area contributed by atoms with Crippen molar-refractivity contribution >= 4 is 17.8 Å². The molecule has 0 fully saturated rings. The average molecular weight is 301 g/mol. The van der Waals surface area contributed by atoms with Gasteiger partial charge in [-0.05, 0) is 40.0 Å². The Morgan fingerprint density at radius 3 is 2.14 bits per heavy atom. The molecule has 0 saturated heterocycles. The van der Waals surface area contributed by atoms with Crippen molar-refractivity contribution in [2.45, 2.75) is 66.0 Å². The van der Waals surface area contributed by atoms with Gasteiger partial charge in [0.1, 0.15) is 17.4 Å². The third-order valence-electron chi connectivity index (χ3n) is 2.32. The normalized spacial score (nSPS) is 12.7. The van der Waals surface area contributed by atoms with Crippen molar-refractivity contribution in [3.63, 3.8) is 0 Å². The lowest BCUT2D eigenvalue weighted by molar-refractivity contribution is -0.147. The van der Waals surface area contributed by atoms with E-state index in [1.54, 1.807) is 20.8 Å². The van der Waals surface area contributed by atoms with E-state index in [1.165, 1.54) is 6.92 Å². The maximum absolute atomic E-state index is 12.0. The van der Waals surface area contributed by atoms with E-state index >= 15 is 0 Å². The Morgan fingerprint density at radius 1 is 1.14 bits per heavy atom. The second-order valence-electron chi connectivity index (χ2n) is 6.46. The lowest BCUT2D eigenvalue weighted by atomic mass is 10.1. The monoisotopic (exact) mass is 301 g/mol. The molecule has 0 bridgehead atoms. The third kappa shape index (κ3) is 10.8. The standard InChI is InChI=1S/C15H27NO5/c1-10(2)9-20-13(18)12(8-7-11(3)17)16-14(19)21-15(4,5)6/h10,12H,7-9H2,1-6H3,(H,16,19)/t12-/m0/s1. The zero-order chi connectivity index (χ0) is 16.6. The summed E-state index contributed by atoms with van der Waals surface area (Å²) in [7, 11) is 0. The van der Waals surface area contributed by atoms with Crippen LogP contribution in [0.25, 0.3) is 0 Å². The van der Waals surface area contributed by atoms with Crippen LogP contribution in [0.15, 0.2) is 0 Å². The van der Waals surface area contributed by atoms with E-state index in [0.29, 0.717) is 0 Å². The molecule has 6 nitrogen and oxygen atoms in total. The predicted molar refractivity (Wildman–Crippen MR) is 78.9 cm³/mol. The van der Waals surface area contributed by atoms with Crippen molar-refractivity contribution in [1.82, 2.24) is 5.32 Å². The second kappa shape index (κ2) is 8.64. The van der Waals surface area contributed by atoms with Gasteiger partial charge < -0.3 is 19.6 Å². The average Bonchev–Trinajstić information content (AvgIpc) is 2.28. The van der Waals surface area contributed by atoms with Gasteiger partial charge in [0.15, 0.2) is 0 Å². The quantitative estimate of drug-likeness (QED) is 0.730. The molecule has 0 saturated carbocycles. The number of nitrogens with one attached hydrogen (secondary N) is 1. The Labute approximate surface area is 126 Å². The van der Waals surface area contributed by atoms with Gasteiger partial charge in [0.2, 0.25) is 0 Å². The Balaban J connectivity index is 4.61. The van der Waals surface area contributed by atoms with Gasteiger partial charge >= 0.3 is 12.1 Å². The molecule has 0 rings (SSSR count). The molecule has 0 aliphatic rings. The van der Waals surface area contributed by atoms with Crippen molar-refractivity contribution < 1.29 is 23.9 Å². The maximum Gasteiger partial charge on any atom is 0.408 e. The Morgan fingerprint density at radius 2 is 1.71 bits per heavy atom. The van der Waals surface area contributed by atoms with Crippen LogP contribution >= 0.6 is 0 Å². The number of carbonyl (C=O) groups is 3. The number of ketones is 1. The van der Waals surface area contributed by atoms with Gasteiger partial charge in [-0.15, -0.1) is 0 Å². The fourth-order valence-corrected chi connectivity index (χ4v) is 1.40. The van der Waals surface area contributed by atoms with Crippen LogP contribution in [0.5, 0.6) is 0 Å². The molecular weight excluding hydrogens is 274 g/mol. The molecule has 0 aromatic heterocycles. The summed E-state index contributed by atoms with van der Waals surface area (Å²) in [6.07, 6.45) is -0.305. The van der Waals surface area contributed by atoms with E-state index in [1.807, 2.05) is 13.8 Å². The Kier molecular flexibility index (Phi) is 7.99. The number of hydrogen-bond acceptors (Lipinski definition) is 5. The van der Waals surface area contributed by atoms with Crippen molar-refractivity contribution in [3.05, 3.63) is 0 Å². The third-order valence-corrected chi connectivity index (χ3v) is 2.32. The largest absolute Gasteiger partial charge is 0.464 e. The van der Waals surface area contributed by atoms with Crippen LogP contribution in [0.2, 0.25) is 0 Å². The summed E-state index contributed by atoms with van der Waals surface area (Å²) in [6, 6.07) is -0.873. The minimum absolute atomic E-state index is 0.0531. The van der Waals surface area contributed by atoms with Crippen molar-refractivity contribution in [2.75, 3.05) is 6.61 Å². The lowest BCUT2D eigenvalue weighted by Crippen LogP contribution is -2.44. The molecule has 6 heteroatoms. The van der Waals surface area contributed by atoms with Gasteiger partial charge in [-0.3, -0.25) is 0 Å². The maximum atomic E-state index is 12.0. The Hall–Kier alpha value is -1.59. The van der Waals surface area contributed by atoms with Crippen LogP contribution in [-0.4, -0.2) is 36.1 Å². The summed E-state index contributed by atoms with van der Waals surface area (Å²) in [5.74, 6) is -0.401. The van der Waals surface area contributed by atoms with Crippen LogP contribution in [0.3, 0.4) is 0 Å². The van der Waals surface area contributed by atoms with Gasteiger partial charge in [0.05, 0.1) is 6.61 Å². The molecule has 0 radical (unpaired) electrons. The molecule has 122 valence electrons. The van der Waals surface area contributed by atoms with E-state index in [0.717, 1.165) is 0 Å². The number of Topliss-reactive ketones (excluding diaryl/α,β-unsaturated/α-hetero) is 1. The van der Waals surface area contributed by atoms with Crippen molar-refractivity contribution in [1.29, 1.82) is 0 Å². The summed E-state index contributed by atoms with van der Waals surface area (Å²) in [5.41, 5.74) is -0.656. The van der Waals surface area contributed by atoms with E-state index < -0.39 is 23.7 Å². The molecule has 0 aromatic rings. The molecule has 1 N–H and O–H groups in total. The molecule has 0 aliphatic heterocycles. The molecule has 1 amide bonds. The zero-order valence-corrected chi connectivity index (χ0v) is 13.8. The summed E-state index contributed by atoms with van der Waals surface area (Å²) in [6.45, 7) is 10.7. The molecule has 0 unspecified atom stereocenters. The predicted octanol–water partition coefficient (Wildman–Crippen LogP) is 2.45. The zero-order valence-electron chi connectivity index (χ0n) is 13.8. The number of esters is 1. The van der Waals surface area contributed by atoms with Crippen LogP contribution in [0.4, 0.5) is 4.79 Å². The summed E-state index contributed by atoms with van der Waals surface area (Å²) in [5, 5.41) is 2.46. The fraction of sp³-hybridized carbons (Fsp3) is 0.800. The molecular formula is C15H27NO5. The van der Waals surface area contributed by atoms with Crippen LogP contribution in [-0.2, 0) is 19.1 Å². The van der Waals surface area contributed by atoms with Crippen LogP contribution in [0, 0.1) is 5.92 Å². The second-order valence-corrected chi connectivity index (χ2v) is 6.46. The molecule has 1 atom stereocenters. The lowest BCUT2D eigenvalue weighted by Gasteiger charge is -2.23. The minimum atomic E-state index is -0.873. The van der Waals surface area contributed by atoms with Crippen molar-refractivity contribution in [3.8, 4) is 0 Å². The first-order valence-corrected chi connectivity index (χ1v) is 7.17. The van der Waals surface area contributed by atoms with Gasteiger partial charge in [0, 0.05) is 6.42 Å². The molecule has 0 spiro atoms. The summed E-state index contributed by atoms with van der Waals surface area (Å²) in [4.78, 5) is 34.7. The highest BCUT2D eigenvalue weighted by Gasteiger charge is 2.25. The van der Waals surface area contributed by atoms with E-state index in [2.05, 4.69) is 5.32 Å². The first-order valence-electron chi connectivity index (χ1n) is 7.17. The first-order chi connectivity index (χ1) is 9.51. The summed E-state index contributed by atoms with van der Waals surface area (Å²) >= 11 is 0. The number of hydrogen-bond donors (Lipinski definition) is 1. The number of carbonyl (C=O) groups excluding carboxylic acids is 3. The first kappa shape index (κ1) is 19.4. The van der Waals surface area contributed by atoms with Gasteiger partial charge in [-0.2, -0.15) is 0 Å². The fourth-order valence-electron chi connectivity index (χ4n) is 1.40. The molecule has 0 aliphatic carbocycles. The minimum Gasteiger partial charge on any atom is -0.464 e. The highest BCUT2D eigenvalue weighted by atomic mass is 16.6. The SMILES string of the molecule is CC(=O)CC[C@H](NC(=O)OC(C)(C)C)C(=O)OCC(C)C. The highest BCUT2D eigenvalue weighted by Crippen LogP contribution is 2.09. The van der Waals surface area contributed by atoms with Gasteiger partial charge in [-0.25, -0.2) is 9.59 Å². The highest BCUT2D eigenvalue weighted by molar-refractivity contribution is 5.82. The molecule has 21 heavy (non-hydrogen) atoms. The van der Waals surface area contributed by atoms with Crippen molar-refractivity contribution in [2.24, 2.45) is 5.92 Å². The Bertz CT molecular complexity index is 371. The van der Waals surface area contributed by atoms with Crippen LogP contribution in [0.1, 0.15) is 54.4 Å². The van der Waals surface area contributed by atoms with E-state index in [9.17, 15) is 14.4 Å². The number of amides is 1. The molecule has 0 heterocycles. The van der Waals surface area contributed by atoms with Gasteiger partial charge in [-0.1, -0.05) is 13.8 Å². The number of alkyl carbamates (subject to hydrolysis) is 1. The van der Waals surface area contributed by atoms with Gasteiger partial charge in [0.25, 0.3) is 0 Å².